The summed E-state index contributed by atoms with van der Waals surface area (Å²) in [7, 11) is -3.88. The molecule has 0 bridgehead atoms. The lowest BCUT2D eigenvalue weighted by molar-refractivity contribution is 0.102. The highest BCUT2D eigenvalue weighted by Crippen LogP contribution is 2.26. The molecule has 0 saturated carbocycles. The summed E-state index contributed by atoms with van der Waals surface area (Å²) >= 11 is 8.97. The van der Waals surface area contributed by atoms with E-state index in [1.165, 1.54) is 30.5 Å². The molecule has 20 heavy (non-hydrogen) atoms. The Morgan fingerprint density at radius 2 is 2.05 bits per heavy atom. The van der Waals surface area contributed by atoms with E-state index in [9.17, 15) is 13.2 Å². The standard InChI is InChI=1S/C11H8BrClN2O4S/c12-10-7(3-4-19-10)11(16)15-9-5-6(20(14,17)18)1-2-8(9)13/h1-5H,(H,15,16)(H2,14,17,18). The predicted octanol–water partition coefficient (Wildman–Crippen LogP) is 2.60. The van der Waals surface area contributed by atoms with Gasteiger partial charge in [-0.25, -0.2) is 13.6 Å². The van der Waals surface area contributed by atoms with Crippen LogP contribution in [-0.4, -0.2) is 14.3 Å². The first-order chi connectivity index (χ1) is 9.29. The van der Waals surface area contributed by atoms with Crippen LogP contribution in [0.5, 0.6) is 0 Å². The van der Waals surface area contributed by atoms with Crippen molar-refractivity contribution in [1.82, 2.24) is 0 Å². The highest BCUT2D eigenvalue weighted by atomic mass is 79.9. The fraction of sp³-hybridized carbons (Fsp3) is 0. The molecular formula is C11H8BrClN2O4S. The van der Waals surface area contributed by atoms with Crippen molar-refractivity contribution in [1.29, 1.82) is 0 Å². The highest BCUT2D eigenvalue weighted by Gasteiger charge is 2.16. The first kappa shape index (κ1) is 15.0. The quantitative estimate of drug-likeness (QED) is 0.855. The number of carbonyl (C=O) groups is 1. The van der Waals surface area contributed by atoms with Gasteiger partial charge in [-0.15, -0.1) is 0 Å². The van der Waals surface area contributed by atoms with Crippen LogP contribution >= 0.6 is 27.5 Å². The van der Waals surface area contributed by atoms with Crippen LogP contribution in [0.1, 0.15) is 10.4 Å². The van der Waals surface area contributed by atoms with Gasteiger partial charge in [0.15, 0.2) is 4.67 Å². The smallest absolute Gasteiger partial charge is 0.260 e. The number of hydrogen-bond acceptors (Lipinski definition) is 4. The van der Waals surface area contributed by atoms with Crippen LogP contribution in [0.3, 0.4) is 0 Å². The zero-order valence-corrected chi connectivity index (χ0v) is 12.9. The summed E-state index contributed by atoms with van der Waals surface area (Å²) in [5.74, 6) is -0.501. The molecule has 0 saturated heterocycles. The molecule has 0 fully saturated rings. The lowest BCUT2D eigenvalue weighted by Crippen LogP contribution is -2.15. The summed E-state index contributed by atoms with van der Waals surface area (Å²) in [6, 6.07) is 5.23. The number of hydrogen-bond donors (Lipinski definition) is 2. The molecule has 0 radical (unpaired) electrons. The van der Waals surface area contributed by atoms with E-state index in [4.69, 9.17) is 21.2 Å². The van der Waals surface area contributed by atoms with Crippen LogP contribution in [0, 0.1) is 0 Å². The molecule has 0 unspecified atom stereocenters. The number of primary sulfonamides is 1. The third-order valence-corrected chi connectivity index (χ3v) is 4.23. The Balaban J connectivity index is 2.34. The predicted molar refractivity (Wildman–Crippen MR) is 77.2 cm³/mol. The average Bonchev–Trinajstić information content (AvgIpc) is 2.77. The fourth-order valence-electron chi connectivity index (χ4n) is 1.42. The summed E-state index contributed by atoms with van der Waals surface area (Å²) in [6.07, 6.45) is 1.33. The lowest BCUT2D eigenvalue weighted by atomic mass is 10.2. The van der Waals surface area contributed by atoms with E-state index >= 15 is 0 Å². The minimum Gasteiger partial charge on any atom is -0.457 e. The Morgan fingerprint density at radius 3 is 2.60 bits per heavy atom. The third kappa shape index (κ3) is 3.21. The van der Waals surface area contributed by atoms with Gasteiger partial charge in [-0.05, 0) is 40.2 Å². The van der Waals surface area contributed by atoms with Gasteiger partial charge < -0.3 is 9.73 Å². The summed E-state index contributed by atoms with van der Waals surface area (Å²) in [5.41, 5.74) is 0.387. The Morgan fingerprint density at radius 1 is 1.35 bits per heavy atom. The number of nitrogens with two attached hydrogens (primary N) is 1. The van der Waals surface area contributed by atoms with E-state index in [2.05, 4.69) is 21.2 Å². The Kier molecular flexibility index (Phi) is 4.19. The Bertz CT molecular complexity index is 772. The van der Waals surface area contributed by atoms with Gasteiger partial charge in [0.05, 0.1) is 27.4 Å². The first-order valence-electron chi connectivity index (χ1n) is 5.16. The molecule has 106 valence electrons. The number of anilines is 1. The molecule has 2 aromatic rings. The Labute approximate surface area is 128 Å². The molecule has 0 aliphatic carbocycles. The number of carbonyl (C=O) groups excluding carboxylic acids is 1. The van der Waals surface area contributed by atoms with Gasteiger partial charge in [0, 0.05) is 0 Å². The van der Waals surface area contributed by atoms with Crippen LogP contribution in [-0.2, 0) is 10.0 Å². The molecule has 1 heterocycles. The molecular weight excluding hydrogens is 372 g/mol. The number of halogens is 2. The summed E-state index contributed by atoms with van der Waals surface area (Å²) < 4.78 is 27.7. The summed E-state index contributed by atoms with van der Waals surface area (Å²) in [6.45, 7) is 0. The molecule has 3 N–H and O–H groups in total. The second-order valence-electron chi connectivity index (χ2n) is 3.75. The van der Waals surface area contributed by atoms with Crippen LogP contribution in [0.4, 0.5) is 5.69 Å². The van der Waals surface area contributed by atoms with Gasteiger partial charge in [0.2, 0.25) is 10.0 Å². The van der Waals surface area contributed by atoms with E-state index < -0.39 is 15.9 Å². The lowest BCUT2D eigenvalue weighted by Gasteiger charge is -2.08. The number of furan rings is 1. The molecule has 1 aromatic heterocycles. The van der Waals surface area contributed by atoms with Crippen LogP contribution < -0.4 is 10.5 Å². The zero-order chi connectivity index (χ0) is 14.9. The van der Waals surface area contributed by atoms with Crippen LogP contribution in [0.15, 0.2) is 44.5 Å². The van der Waals surface area contributed by atoms with Gasteiger partial charge in [-0.3, -0.25) is 4.79 Å². The zero-order valence-electron chi connectivity index (χ0n) is 9.76. The third-order valence-electron chi connectivity index (χ3n) is 2.38. The van der Waals surface area contributed by atoms with Gasteiger partial charge in [0.25, 0.3) is 5.91 Å². The monoisotopic (exact) mass is 378 g/mol. The highest BCUT2D eigenvalue weighted by molar-refractivity contribution is 9.10. The molecule has 0 spiro atoms. The molecule has 1 aromatic carbocycles. The molecule has 9 heteroatoms. The number of amides is 1. The number of sulfonamides is 1. The van der Waals surface area contributed by atoms with Crippen molar-refractivity contribution in [3.63, 3.8) is 0 Å². The second-order valence-corrected chi connectivity index (χ2v) is 6.44. The topological polar surface area (TPSA) is 102 Å². The van der Waals surface area contributed by atoms with E-state index in [0.717, 1.165) is 0 Å². The van der Waals surface area contributed by atoms with Gasteiger partial charge in [0.1, 0.15) is 0 Å². The maximum Gasteiger partial charge on any atom is 0.260 e. The SMILES string of the molecule is NS(=O)(=O)c1ccc(Cl)c(NC(=O)c2ccoc2Br)c1. The van der Waals surface area contributed by atoms with Crippen molar-refractivity contribution < 1.29 is 17.6 Å². The molecule has 0 atom stereocenters. The van der Waals surface area contributed by atoms with Gasteiger partial charge >= 0.3 is 0 Å². The first-order valence-corrected chi connectivity index (χ1v) is 7.87. The van der Waals surface area contributed by atoms with Crippen molar-refractivity contribution in [2.45, 2.75) is 4.90 Å². The molecule has 1 amide bonds. The number of rotatable bonds is 3. The van der Waals surface area contributed by atoms with Crippen molar-refractivity contribution >= 4 is 49.1 Å². The normalized spacial score (nSPS) is 11.3. The number of nitrogens with one attached hydrogen (secondary N) is 1. The second kappa shape index (κ2) is 5.57. The summed E-state index contributed by atoms with van der Waals surface area (Å²) in [5, 5.41) is 7.69. The van der Waals surface area contributed by atoms with E-state index in [1.54, 1.807) is 0 Å². The van der Waals surface area contributed by atoms with Crippen molar-refractivity contribution in [2.24, 2.45) is 5.14 Å². The maximum absolute atomic E-state index is 12.0. The van der Waals surface area contributed by atoms with Crippen molar-refractivity contribution in [3.8, 4) is 0 Å². The molecule has 0 aliphatic rings. The minimum atomic E-state index is -3.88. The minimum absolute atomic E-state index is 0.135. The fourth-order valence-corrected chi connectivity index (χ4v) is 2.55. The van der Waals surface area contributed by atoms with Gasteiger partial charge in [-0.2, -0.15) is 0 Å². The van der Waals surface area contributed by atoms with E-state index in [0.29, 0.717) is 0 Å². The van der Waals surface area contributed by atoms with Crippen molar-refractivity contribution in [3.05, 3.63) is 45.8 Å². The molecule has 0 aliphatic heterocycles. The van der Waals surface area contributed by atoms with E-state index in [-0.39, 0.29) is 25.8 Å². The molecule has 6 nitrogen and oxygen atoms in total. The summed E-state index contributed by atoms with van der Waals surface area (Å²) in [4.78, 5) is 11.8. The van der Waals surface area contributed by atoms with Crippen molar-refractivity contribution in [2.75, 3.05) is 5.32 Å². The maximum atomic E-state index is 12.0. The van der Waals surface area contributed by atoms with Crippen LogP contribution in [0.2, 0.25) is 5.02 Å². The molecule has 2 rings (SSSR count). The van der Waals surface area contributed by atoms with Gasteiger partial charge in [-0.1, -0.05) is 11.6 Å². The largest absolute Gasteiger partial charge is 0.457 e. The van der Waals surface area contributed by atoms with E-state index in [1.807, 2.05) is 0 Å². The number of benzene rings is 1. The van der Waals surface area contributed by atoms with Crippen LogP contribution in [0.25, 0.3) is 0 Å². The Hall–Kier alpha value is -1.35. The average molecular weight is 380 g/mol.